The molecule has 0 aliphatic rings. The van der Waals surface area contributed by atoms with Gasteiger partial charge < -0.3 is 0 Å². The Labute approximate surface area is 93.3 Å². The second-order valence-corrected chi connectivity index (χ2v) is 3.25. The monoisotopic (exact) mass is 251 g/mol. The van der Waals surface area contributed by atoms with E-state index in [0.717, 1.165) is 18.2 Å². The quantitative estimate of drug-likeness (QED) is 0.595. The highest BCUT2D eigenvalue weighted by molar-refractivity contribution is 6.31. The summed E-state index contributed by atoms with van der Waals surface area (Å²) in [6.45, 7) is 0. The van der Waals surface area contributed by atoms with E-state index >= 15 is 0 Å². The summed E-state index contributed by atoms with van der Waals surface area (Å²) in [5.74, 6) is 0. The van der Waals surface area contributed by atoms with Crippen LogP contribution in [0.25, 0.3) is 6.08 Å². The zero-order valence-electron chi connectivity index (χ0n) is 7.66. The van der Waals surface area contributed by atoms with Crippen LogP contribution in [-0.4, -0.2) is 4.92 Å². The third-order valence-electron chi connectivity index (χ3n) is 1.68. The first kappa shape index (κ1) is 12.5. The molecule has 3 nitrogen and oxygen atoms in total. The lowest BCUT2D eigenvalue weighted by molar-refractivity contribution is -0.400. The van der Waals surface area contributed by atoms with E-state index in [2.05, 4.69) is 0 Å². The zero-order valence-corrected chi connectivity index (χ0v) is 8.42. The highest BCUT2D eigenvalue weighted by atomic mass is 35.5. The van der Waals surface area contributed by atoms with Crippen molar-refractivity contribution in [1.82, 2.24) is 0 Å². The van der Waals surface area contributed by atoms with E-state index < -0.39 is 21.7 Å². The van der Waals surface area contributed by atoms with Crippen molar-refractivity contribution >= 4 is 17.7 Å². The first-order chi connectivity index (χ1) is 7.30. The standard InChI is InChI=1S/C9H5ClF3NO2/c10-8-2-1-6(3-4-14(15)16)5-7(8)9(11,12)13/h1-5H/b4-3+. The SMILES string of the molecule is O=[N+]([O-])/C=C/c1ccc(Cl)c(C(F)(F)F)c1. The van der Waals surface area contributed by atoms with E-state index in [9.17, 15) is 23.3 Å². The molecule has 0 aliphatic carbocycles. The molecular formula is C9H5ClF3NO2. The molecule has 0 saturated heterocycles. The summed E-state index contributed by atoms with van der Waals surface area (Å²) in [6, 6.07) is 3.06. The first-order valence-corrected chi connectivity index (χ1v) is 4.37. The number of alkyl halides is 3. The van der Waals surface area contributed by atoms with Crippen molar-refractivity contribution in [2.45, 2.75) is 6.18 Å². The largest absolute Gasteiger partial charge is 0.417 e. The van der Waals surface area contributed by atoms with Crippen molar-refractivity contribution in [2.75, 3.05) is 0 Å². The van der Waals surface area contributed by atoms with Crippen LogP contribution in [0.15, 0.2) is 24.4 Å². The fourth-order valence-electron chi connectivity index (χ4n) is 1.01. The van der Waals surface area contributed by atoms with Crippen LogP contribution in [0.5, 0.6) is 0 Å². The maximum Gasteiger partial charge on any atom is 0.417 e. The van der Waals surface area contributed by atoms with Crippen LogP contribution in [0.3, 0.4) is 0 Å². The molecule has 0 bridgehead atoms. The lowest BCUT2D eigenvalue weighted by Gasteiger charge is -2.08. The highest BCUT2D eigenvalue weighted by Gasteiger charge is 2.33. The molecule has 0 spiro atoms. The summed E-state index contributed by atoms with van der Waals surface area (Å²) >= 11 is 5.37. The number of nitrogens with zero attached hydrogens (tertiary/aromatic N) is 1. The molecule has 7 heteroatoms. The number of hydrogen-bond donors (Lipinski definition) is 0. The van der Waals surface area contributed by atoms with Gasteiger partial charge in [0.25, 0.3) is 0 Å². The van der Waals surface area contributed by atoms with Gasteiger partial charge in [-0.2, -0.15) is 13.2 Å². The molecule has 1 aromatic carbocycles. The van der Waals surface area contributed by atoms with E-state index in [-0.39, 0.29) is 5.56 Å². The second kappa shape index (κ2) is 4.52. The molecule has 0 saturated carbocycles. The Kier molecular flexibility index (Phi) is 3.54. The normalized spacial score (nSPS) is 12.0. The van der Waals surface area contributed by atoms with Gasteiger partial charge in [-0.1, -0.05) is 17.7 Å². The molecule has 86 valence electrons. The van der Waals surface area contributed by atoms with Crippen LogP contribution in [0.1, 0.15) is 11.1 Å². The fourth-order valence-corrected chi connectivity index (χ4v) is 1.24. The summed E-state index contributed by atoms with van der Waals surface area (Å²) in [4.78, 5) is 9.23. The minimum Gasteiger partial charge on any atom is -0.259 e. The average molecular weight is 252 g/mol. The van der Waals surface area contributed by atoms with Crippen LogP contribution in [0, 0.1) is 10.1 Å². The Bertz CT molecular complexity index is 443. The molecule has 0 aromatic heterocycles. The van der Waals surface area contributed by atoms with E-state index in [1.165, 1.54) is 6.07 Å². The Morgan fingerprint density at radius 1 is 1.38 bits per heavy atom. The molecule has 0 N–H and O–H groups in total. The van der Waals surface area contributed by atoms with Gasteiger partial charge in [0.1, 0.15) is 0 Å². The van der Waals surface area contributed by atoms with Crippen LogP contribution < -0.4 is 0 Å². The Morgan fingerprint density at radius 3 is 2.50 bits per heavy atom. The summed E-state index contributed by atoms with van der Waals surface area (Å²) in [5, 5.41) is 9.55. The summed E-state index contributed by atoms with van der Waals surface area (Å²) in [6.07, 6.45) is -3.05. The number of halogens is 4. The minimum atomic E-state index is -4.57. The molecule has 0 radical (unpaired) electrons. The molecule has 0 fully saturated rings. The number of nitro groups is 1. The van der Waals surface area contributed by atoms with Gasteiger partial charge >= 0.3 is 6.18 Å². The van der Waals surface area contributed by atoms with Crippen molar-refractivity contribution in [2.24, 2.45) is 0 Å². The van der Waals surface area contributed by atoms with E-state index in [1.807, 2.05) is 0 Å². The zero-order chi connectivity index (χ0) is 12.3. The number of benzene rings is 1. The Balaban J connectivity index is 3.13. The van der Waals surface area contributed by atoms with Gasteiger partial charge in [-0.15, -0.1) is 0 Å². The van der Waals surface area contributed by atoms with Crippen LogP contribution >= 0.6 is 11.6 Å². The number of hydrogen-bond acceptors (Lipinski definition) is 2. The van der Waals surface area contributed by atoms with E-state index in [0.29, 0.717) is 6.20 Å². The molecule has 0 atom stereocenters. The molecule has 0 amide bonds. The van der Waals surface area contributed by atoms with Gasteiger partial charge in [0.2, 0.25) is 6.20 Å². The average Bonchev–Trinajstić information content (AvgIpc) is 2.14. The van der Waals surface area contributed by atoms with Gasteiger partial charge in [0, 0.05) is 6.08 Å². The van der Waals surface area contributed by atoms with Gasteiger partial charge in [-0.05, 0) is 17.7 Å². The van der Waals surface area contributed by atoms with Crippen molar-refractivity contribution in [3.63, 3.8) is 0 Å². The summed E-state index contributed by atoms with van der Waals surface area (Å²) in [5.41, 5.74) is -0.951. The van der Waals surface area contributed by atoms with E-state index in [1.54, 1.807) is 0 Å². The van der Waals surface area contributed by atoms with Crippen LogP contribution in [-0.2, 0) is 6.18 Å². The molecule has 16 heavy (non-hydrogen) atoms. The van der Waals surface area contributed by atoms with Crippen LogP contribution in [0.2, 0.25) is 5.02 Å². The molecule has 1 rings (SSSR count). The smallest absolute Gasteiger partial charge is 0.259 e. The van der Waals surface area contributed by atoms with Gasteiger partial charge in [-0.25, -0.2) is 0 Å². The molecule has 0 unspecified atom stereocenters. The van der Waals surface area contributed by atoms with Crippen molar-refractivity contribution in [3.8, 4) is 0 Å². The molecule has 0 heterocycles. The maximum atomic E-state index is 12.4. The summed E-state index contributed by atoms with van der Waals surface area (Å²) < 4.78 is 37.2. The third kappa shape index (κ3) is 3.23. The van der Waals surface area contributed by atoms with Gasteiger partial charge in [-0.3, -0.25) is 10.1 Å². The highest BCUT2D eigenvalue weighted by Crippen LogP contribution is 2.35. The Morgan fingerprint density at radius 2 is 2.00 bits per heavy atom. The minimum absolute atomic E-state index is 0.0634. The maximum absolute atomic E-state index is 12.4. The predicted molar refractivity (Wildman–Crippen MR) is 52.5 cm³/mol. The predicted octanol–water partition coefficient (Wildman–Crippen LogP) is 3.61. The topological polar surface area (TPSA) is 43.1 Å². The lowest BCUT2D eigenvalue weighted by atomic mass is 10.1. The number of rotatable bonds is 2. The second-order valence-electron chi connectivity index (χ2n) is 2.84. The van der Waals surface area contributed by atoms with E-state index in [4.69, 9.17) is 11.6 Å². The first-order valence-electron chi connectivity index (χ1n) is 3.99. The van der Waals surface area contributed by atoms with Gasteiger partial charge in [0.05, 0.1) is 15.5 Å². The summed E-state index contributed by atoms with van der Waals surface area (Å²) in [7, 11) is 0. The van der Waals surface area contributed by atoms with Crippen LogP contribution in [0.4, 0.5) is 13.2 Å². The van der Waals surface area contributed by atoms with Crippen molar-refractivity contribution in [1.29, 1.82) is 0 Å². The van der Waals surface area contributed by atoms with Crippen molar-refractivity contribution in [3.05, 3.63) is 50.7 Å². The lowest BCUT2D eigenvalue weighted by Crippen LogP contribution is -2.05. The third-order valence-corrected chi connectivity index (χ3v) is 2.01. The Hall–Kier alpha value is -1.56. The fraction of sp³-hybridized carbons (Fsp3) is 0.111. The molecule has 0 aliphatic heterocycles. The molecular weight excluding hydrogens is 247 g/mol. The molecule has 1 aromatic rings. The van der Waals surface area contributed by atoms with Crippen molar-refractivity contribution < 1.29 is 18.1 Å². The van der Waals surface area contributed by atoms with Gasteiger partial charge in [0.15, 0.2) is 0 Å².